The van der Waals surface area contributed by atoms with Crippen molar-refractivity contribution in [3.63, 3.8) is 0 Å². The third kappa shape index (κ3) is 2.71. The maximum absolute atomic E-state index is 4.66. The lowest BCUT2D eigenvalue weighted by Crippen LogP contribution is -2.44. The van der Waals surface area contributed by atoms with Gasteiger partial charge in [-0.15, -0.1) is 0 Å². The van der Waals surface area contributed by atoms with Crippen molar-refractivity contribution >= 4 is 5.82 Å². The van der Waals surface area contributed by atoms with Gasteiger partial charge in [-0.2, -0.15) is 0 Å². The molecule has 16 heavy (non-hydrogen) atoms. The van der Waals surface area contributed by atoms with E-state index < -0.39 is 0 Å². The van der Waals surface area contributed by atoms with Crippen LogP contribution in [0.1, 0.15) is 5.69 Å². The van der Waals surface area contributed by atoms with Crippen LogP contribution in [0.5, 0.6) is 0 Å². The van der Waals surface area contributed by atoms with Crippen LogP contribution in [-0.4, -0.2) is 50.2 Å². The predicted octanol–water partition coefficient (Wildman–Crippen LogP) is 0.553. The first kappa shape index (κ1) is 11.4. The van der Waals surface area contributed by atoms with Crippen LogP contribution in [0.15, 0.2) is 18.2 Å². The lowest BCUT2D eigenvalue weighted by Gasteiger charge is -2.33. The van der Waals surface area contributed by atoms with Gasteiger partial charge in [0.15, 0.2) is 0 Å². The van der Waals surface area contributed by atoms with Gasteiger partial charge in [-0.25, -0.2) is 4.98 Å². The SMILES string of the molecule is CNCc1cccc(N2CCN(C)CC2)n1. The molecule has 0 spiro atoms. The van der Waals surface area contributed by atoms with E-state index in [0.29, 0.717) is 0 Å². The molecule has 0 saturated carbocycles. The summed E-state index contributed by atoms with van der Waals surface area (Å²) in [7, 11) is 4.12. The Labute approximate surface area is 97.3 Å². The summed E-state index contributed by atoms with van der Waals surface area (Å²) in [6.07, 6.45) is 0. The summed E-state index contributed by atoms with van der Waals surface area (Å²) in [5.41, 5.74) is 1.11. The highest BCUT2D eigenvalue weighted by Crippen LogP contribution is 2.13. The van der Waals surface area contributed by atoms with Crippen LogP contribution in [0.3, 0.4) is 0 Å². The minimum absolute atomic E-state index is 0.835. The van der Waals surface area contributed by atoms with Crippen LogP contribution >= 0.6 is 0 Å². The minimum Gasteiger partial charge on any atom is -0.354 e. The zero-order chi connectivity index (χ0) is 11.4. The van der Waals surface area contributed by atoms with Gasteiger partial charge in [0, 0.05) is 32.7 Å². The van der Waals surface area contributed by atoms with Gasteiger partial charge >= 0.3 is 0 Å². The lowest BCUT2D eigenvalue weighted by atomic mass is 10.3. The smallest absolute Gasteiger partial charge is 0.128 e. The van der Waals surface area contributed by atoms with Gasteiger partial charge in [-0.05, 0) is 26.2 Å². The molecule has 2 heterocycles. The molecule has 2 rings (SSSR count). The molecular formula is C12H20N4. The molecule has 1 aromatic rings. The van der Waals surface area contributed by atoms with Gasteiger partial charge in [-0.1, -0.05) is 6.07 Å². The Kier molecular flexibility index (Phi) is 3.74. The standard InChI is InChI=1S/C12H20N4/c1-13-10-11-4-3-5-12(14-11)16-8-6-15(2)7-9-16/h3-5,13H,6-10H2,1-2H3. The average molecular weight is 220 g/mol. The van der Waals surface area contributed by atoms with E-state index in [1.165, 1.54) is 0 Å². The number of hydrogen-bond acceptors (Lipinski definition) is 4. The van der Waals surface area contributed by atoms with Crippen LogP contribution < -0.4 is 10.2 Å². The Hall–Kier alpha value is -1.13. The van der Waals surface area contributed by atoms with Crippen LogP contribution in [0.25, 0.3) is 0 Å². The van der Waals surface area contributed by atoms with Gasteiger partial charge in [0.2, 0.25) is 0 Å². The number of aromatic nitrogens is 1. The van der Waals surface area contributed by atoms with Gasteiger partial charge < -0.3 is 15.1 Å². The maximum atomic E-state index is 4.66. The Balaban J connectivity index is 2.05. The Bertz CT molecular complexity index is 332. The molecule has 4 heteroatoms. The van der Waals surface area contributed by atoms with Gasteiger partial charge in [0.1, 0.15) is 5.82 Å². The Morgan fingerprint density at radius 3 is 2.69 bits per heavy atom. The molecule has 0 unspecified atom stereocenters. The Morgan fingerprint density at radius 2 is 2.00 bits per heavy atom. The first-order valence-electron chi connectivity index (χ1n) is 5.83. The predicted molar refractivity (Wildman–Crippen MR) is 66.7 cm³/mol. The fourth-order valence-corrected chi connectivity index (χ4v) is 1.96. The van der Waals surface area contributed by atoms with Crippen molar-refractivity contribution in [3.8, 4) is 0 Å². The molecule has 1 aliphatic rings. The first-order valence-corrected chi connectivity index (χ1v) is 5.83. The molecule has 1 N–H and O–H groups in total. The van der Waals surface area contributed by atoms with Crippen molar-refractivity contribution < 1.29 is 0 Å². The number of anilines is 1. The second-order valence-electron chi connectivity index (χ2n) is 4.31. The van der Waals surface area contributed by atoms with E-state index >= 15 is 0 Å². The third-order valence-corrected chi connectivity index (χ3v) is 2.98. The van der Waals surface area contributed by atoms with Crippen LogP contribution in [0.2, 0.25) is 0 Å². The molecule has 0 aromatic carbocycles. The highest BCUT2D eigenvalue weighted by atomic mass is 15.3. The summed E-state index contributed by atoms with van der Waals surface area (Å²) in [6, 6.07) is 6.26. The van der Waals surface area contributed by atoms with Crippen molar-refractivity contribution in [2.45, 2.75) is 6.54 Å². The normalized spacial score (nSPS) is 17.8. The lowest BCUT2D eigenvalue weighted by molar-refractivity contribution is 0.312. The summed E-state index contributed by atoms with van der Waals surface area (Å²) in [6.45, 7) is 5.23. The van der Waals surface area contributed by atoms with Crippen LogP contribution in [-0.2, 0) is 6.54 Å². The number of nitrogens with zero attached hydrogens (tertiary/aromatic N) is 3. The number of hydrogen-bond donors (Lipinski definition) is 1. The van der Waals surface area contributed by atoms with Crippen LogP contribution in [0, 0.1) is 0 Å². The molecule has 1 saturated heterocycles. The molecule has 0 bridgehead atoms. The van der Waals surface area contributed by atoms with E-state index in [1.807, 2.05) is 7.05 Å². The van der Waals surface area contributed by atoms with Gasteiger partial charge in [0.05, 0.1) is 5.69 Å². The maximum Gasteiger partial charge on any atom is 0.128 e. The second-order valence-corrected chi connectivity index (χ2v) is 4.31. The van der Waals surface area contributed by atoms with Crippen molar-refractivity contribution in [3.05, 3.63) is 23.9 Å². The molecule has 0 atom stereocenters. The molecule has 0 amide bonds. The van der Waals surface area contributed by atoms with Crippen molar-refractivity contribution in [1.82, 2.24) is 15.2 Å². The molecule has 1 aromatic heterocycles. The summed E-state index contributed by atoms with van der Waals surface area (Å²) in [4.78, 5) is 9.37. The molecule has 88 valence electrons. The number of piperazine rings is 1. The van der Waals surface area contributed by atoms with Crippen LogP contribution in [0.4, 0.5) is 5.82 Å². The molecule has 4 nitrogen and oxygen atoms in total. The van der Waals surface area contributed by atoms with Crippen molar-refractivity contribution in [1.29, 1.82) is 0 Å². The molecule has 1 aliphatic heterocycles. The minimum atomic E-state index is 0.835. The zero-order valence-corrected chi connectivity index (χ0v) is 10.1. The molecule has 0 radical (unpaired) electrons. The molecule has 1 fully saturated rings. The largest absolute Gasteiger partial charge is 0.354 e. The number of pyridine rings is 1. The highest BCUT2D eigenvalue weighted by Gasteiger charge is 2.14. The monoisotopic (exact) mass is 220 g/mol. The van der Waals surface area contributed by atoms with E-state index in [-0.39, 0.29) is 0 Å². The molecular weight excluding hydrogens is 200 g/mol. The number of likely N-dealkylation sites (N-methyl/N-ethyl adjacent to an activating group) is 1. The third-order valence-electron chi connectivity index (χ3n) is 2.98. The highest BCUT2D eigenvalue weighted by molar-refractivity contribution is 5.39. The van der Waals surface area contributed by atoms with Crippen molar-refractivity contribution in [2.75, 3.05) is 45.2 Å². The average Bonchev–Trinajstić information content (AvgIpc) is 2.31. The summed E-state index contributed by atoms with van der Waals surface area (Å²) < 4.78 is 0. The van der Waals surface area contributed by atoms with E-state index in [0.717, 1.165) is 44.2 Å². The van der Waals surface area contributed by atoms with Gasteiger partial charge in [0.25, 0.3) is 0 Å². The zero-order valence-electron chi connectivity index (χ0n) is 10.1. The fraction of sp³-hybridized carbons (Fsp3) is 0.583. The summed E-state index contributed by atoms with van der Waals surface area (Å²) in [5.74, 6) is 1.11. The van der Waals surface area contributed by atoms with E-state index in [1.54, 1.807) is 0 Å². The number of nitrogens with one attached hydrogen (secondary N) is 1. The van der Waals surface area contributed by atoms with Gasteiger partial charge in [-0.3, -0.25) is 0 Å². The summed E-state index contributed by atoms with van der Waals surface area (Å²) in [5, 5.41) is 3.13. The van der Waals surface area contributed by atoms with E-state index in [2.05, 4.69) is 45.3 Å². The Morgan fingerprint density at radius 1 is 1.25 bits per heavy atom. The number of rotatable bonds is 3. The van der Waals surface area contributed by atoms with Crippen molar-refractivity contribution in [2.24, 2.45) is 0 Å². The molecule has 0 aliphatic carbocycles. The van der Waals surface area contributed by atoms with E-state index in [9.17, 15) is 0 Å². The summed E-state index contributed by atoms with van der Waals surface area (Å²) >= 11 is 0. The first-order chi connectivity index (χ1) is 7.79. The second kappa shape index (κ2) is 5.27. The quantitative estimate of drug-likeness (QED) is 0.806. The fourth-order valence-electron chi connectivity index (χ4n) is 1.96. The van der Waals surface area contributed by atoms with E-state index in [4.69, 9.17) is 0 Å². The topological polar surface area (TPSA) is 31.4 Å².